The summed E-state index contributed by atoms with van der Waals surface area (Å²) in [5.74, 6) is 1.77. The number of benzene rings is 2. The summed E-state index contributed by atoms with van der Waals surface area (Å²) < 4.78 is 10.4. The molecule has 0 heterocycles. The second-order valence-electron chi connectivity index (χ2n) is 5.16. The minimum Gasteiger partial charge on any atom is -0.497 e. The van der Waals surface area contributed by atoms with Crippen LogP contribution in [0.5, 0.6) is 11.5 Å². The Hall–Kier alpha value is -2.00. The predicted molar refractivity (Wildman–Crippen MR) is 86.0 cm³/mol. The Balaban J connectivity index is 2.01. The van der Waals surface area contributed by atoms with E-state index in [1.807, 2.05) is 24.3 Å². The van der Waals surface area contributed by atoms with Crippen molar-refractivity contribution in [1.29, 1.82) is 0 Å². The van der Waals surface area contributed by atoms with Gasteiger partial charge in [-0.1, -0.05) is 24.3 Å². The topological polar surface area (TPSA) is 30.5 Å². The largest absolute Gasteiger partial charge is 0.497 e. The lowest BCUT2D eigenvalue weighted by Gasteiger charge is -2.21. The van der Waals surface area contributed by atoms with E-state index in [-0.39, 0.29) is 12.1 Å². The second-order valence-corrected chi connectivity index (χ2v) is 5.16. The Morgan fingerprint density at radius 3 is 1.29 bits per heavy atom. The van der Waals surface area contributed by atoms with E-state index >= 15 is 0 Å². The fourth-order valence-electron chi connectivity index (χ4n) is 2.35. The van der Waals surface area contributed by atoms with Crippen LogP contribution in [0, 0.1) is 0 Å². The van der Waals surface area contributed by atoms with E-state index in [1.165, 1.54) is 11.1 Å². The van der Waals surface area contributed by atoms with Gasteiger partial charge in [-0.3, -0.25) is 0 Å². The van der Waals surface area contributed by atoms with Gasteiger partial charge in [0.15, 0.2) is 0 Å². The lowest BCUT2D eigenvalue weighted by atomic mass is 10.0. The van der Waals surface area contributed by atoms with Crippen LogP contribution < -0.4 is 14.8 Å². The van der Waals surface area contributed by atoms with Gasteiger partial charge in [0.05, 0.1) is 14.2 Å². The van der Waals surface area contributed by atoms with Gasteiger partial charge >= 0.3 is 0 Å². The van der Waals surface area contributed by atoms with Gasteiger partial charge in [0.2, 0.25) is 0 Å². The molecule has 0 radical (unpaired) electrons. The van der Waals surface area contributed by atoms with Gasteiger partial charge < -0.3 is 14.8 Å². The van der Waals surface area contributed by atoms with Gasteiger partial charge in [-0.05, 0) is 49.2 Å². The van der Waals surface area contributed by atoms with Crippen LogP contribution in [0.3, 0.4) is 0 Å². The third-order valence-corrected chi connectivity index (χ3v) is 3.73. The Morgan fingerprint density at radius 2 is 1.00 bits per heavy atom. The number of nitrogens with one attached hydrogen (secondary N) is 1. The smallest absolute Gasteiger partial charge is 0.118 e. The van der Waals surface area contributed by atoms with Crippen LogP contribution in [0.15, 0.2) is 48.5 Å². The molecule has 0 saturated carbocycles. The fraction of sp³-hybridized carbons (Fsp3) is 0.333. The number of methoxy groups -OCH3 is 2. The molecule has 2 aromatic rings. The van der Waals surface area contributed by atoms with Crippen LogP contribution >= 0.6 is 0 Å². The van der Waals surface area contributed by atoms with Crippen molar-refractivity contribution < 1.29 is 9.47 Å². The molecule has 0 aliphatic carbocycles. The Labute approximate surface area is 126 Å². The number of ether oxygens (including phenoxy) is 2. The van der Waals surface area contributed by atoms with E-state index in [4.69, 9.17) is 9.47 Å². The SMILES string of the molecule is COc1ccc(C(C)N[C@@H](C)c2ccc(OC)cc2)cc1. The summed E-state index contributed by atoms with van der Waals surface area (Å²) in [6, 6.07) is 16.9. The van der Waals surface area contributed by atoms with E-state index in [2.05, 4.69) is 43.4 Å². The molecule has 1 unspecified atom stereocenters. The zero-order valence-corrected chi connectivity index (χ0v) is 13.1. The van der Waals surface area contributed by atoms with E-state index < -0.39 is 0 Å². The van der Waals surface area contributed by atoms with Crippen molar-refractivity contribution in [2.45, 2.75) is 25.9 Å². The zero-order chi connectivity index (χ0) is 15.2. The van der Waals surface area contributed by atoms with E-state index in [9.17, 15) is 0 Å². The van der Waals surface area contributed by atoms with Crippen LogP contribution in [-0.2, 0) is 0 Å². The summed E-state index contributed by atoms with van der Waals surface area (Å²) in [7, 11) is 3.37. The van der Waals surface area contributed by atoms with Crippen molar-refractivity contribution in [2.24, 2.45) is 0 Å². The highest BCUT2D eigenvalue weighted by Crippen LogP contribution is 2.22. The average molecular weight is 285 g/mol. The summed E-state index contributed by atoms with van der Waals surface area (Å²) in [5, 5.41) is 3.61. The maximum Gasteiger partial charge on any atom is 0.118 e. The summed E-state index contributed by atoms with van der Waals surface area (Å²) >= 11 is 0. The number of rotatable bonds is 6. The molecule has 0 spiro atoms. The van der Waals surface area contributed by atoms with Gasteiger partial charge in [-0.2, -0.15) is 0 Å². The first-order valence-corrected chi connectivity index (χ1v) is 7.18. The van der Waals surface area contributed by atoms with Crippen molar-refractivity contribution in [3.63, 3.8) is 0 Å². The van der Waals surface area contributed by atoms with Crippen molar-refractivity contribution in [2.75, 3.05) is 14.2 Å². The molecule has 3 heteroatoms. The van der Waals surface area contributed by atoms with E-state index in [1.54, 1.807) is 14.2 Å². The third kappa shape index (κ3) is 3.99. The molecule has 1 N–H and O–H groups in total. The average Bonchev–Trinajstić information content (AvgIpc) is 2.55. The highest BCUT2D eigenvalue weighted by atomic mass is 16.5. The Kier molecular flexibility index (Phi) is 5.23. The van der Waals surface area contributed by atoms with Crippen LogP contribution in [0.4, 0.5) is 0 Å². The molecule has 21 heavy (non-hydrogen) atoms. The van der Waals surface area contributed by atoms with Crippen molar-refractivity contribution in [3.8, 4) is 11.5 Å². The quantitative estimate of drug-likeness (QED) is 0.866. The third-order valence-electron chi connectivity index (χ3n) is 3.73. The van der Waals surface area contributed by atoms with Crippen molar-refractivity contribution >= 4 is 0 Å². The molecule has 0 aromatic heterocycles. The number of hydrogen-bond donors (Lipinski definition) is 1. The maximum absolute atomic E-state index is 5.19. The number of hydrogen-bond acceptors (Lipinski definition) is 3. The highest BCUT2D eigenvalue weighted by Gasteiger charge is 2.11. The van der Waals surface area contributed by atoms with Crippen LogP contribution in [0.1, 0.15) is 37.1 Å². The molecule has 0 aliphatic rings. The predicted octanol–water partition coefficient (Wildman–Crippen LogP) is 4.12. The minimum absolute atomic E-state index is 0.271. The summed E-state index contributed by atoms with van der Waals surface area (Å²) in [4.78, 5) is 0. The first kappa shape index (κ1) is 15.4. The summed E-state index contributed by atoms with van der Waals surface area (Å²) in [6.45, 7) is 4.34. The zero-order valence-electron chi connectivity index (χ0n) is 13.1. The van der Waals surface area contributed by atoms with Crippen LogP contribution in [0.2, 0.25) is 0 Å². The van der Waals surface area contributed by atoms with Crippen LogP contribution in [0.25, 0.3) is 0 Å². The molecular weight excluding hydrogens is 262 g/mol. The first-order chi connectivity index (χ1) is 10.1. The molecule has 3 nitrogen and oxygen atoms in total. The van der Waals surface area contributed by atoms with Gasteiger partial charge in [-0.25, -0.2) is 0 Å². The molecule has 0 bridgehead atoms. The van der Waals surface area contributed by atoms with Gasteiger partial charge in [0, 0.05) is 12.1 Å². The molecule has 0 amide bonds. The van der Waals surface area contributed by atoms with Gasteiger partial charge in [0.1, 0.15) is 11.5 Å². The molecule has 0 aliphatic heterocycles. The molecule has 2 aromatic carbocycles. The Morgan fingerprint density at radius 1 is 0.667 bits per heavy atom. The Bertz CT molecular complexity index is 497. The van der Waals surface area contributed by atoms with Gasteiger partial charge in [-0.15, -0.1) is 0 Å². The maximum atomic E-state index is 5.19. The van der Waals surface area contributed by atoms with Crippen LogP contribution in [-0.4, -0.2) is 14.2 Å². The lowest BCUT2D eigenvalue weighted by molar-refractivity contribution is 0.413. The first-order valence-electron chi connectivity index (χ1n) is 7.18. The molecule has 0 saturated heterocycles. The minimum atomic E-state index is 0.271. The molecule has 112 valence electrons. The normalized spacial score (nSPS) is 13.5. The van der Waals surface area contributed by atoms with E-state index in [0.29, 0.717) is 0 Å². The lowest BCUT2D eigenvalue weighted by Crippen LogP contribution is -2.22. The van der Waals surface area contributed by atoms with Crippen molar-refractivity contribution in [1.82, 2.24) is 5.32 Å². The molecular formula is C18H23NO2. The summed E-state index contributed by atoms with van der Waals surface area (Å²) in [6.07, 6.45) is 0. The standard InChI is InChI=1S/C18H23NO2/c1-13(15-5-9-17(20-3)10-6-15)19-14(2)16-7-11-18(21-4)12-8-16/h5-14,19H,1-4H3/t13-,14?/m0/s1. The van der Waals surface area contributed by atoms with E-state index in [0.717, 1.165) is 11.5 Å². The van der Waals surface area contributed by atoms with Crippen molar-refractivity contribution in [3.05, 3.63) is 59.7 Å². The fourth-order valence-corrected chi connectivity index (χ4v) is 2.35. The molecule has 2 atom stereocenters. The monoisotopic (exact) mass is 285 g/mol. The highest BCUT2D eigenvalue weighted by molar-refractivity contribution is 5.31. The molecule has 0 fully saturated rings. The van der Waals surface area contributed by atoms with Gasteiger partial charge in [0.25, 0.3) is 0 Å². The molecule has 2 rings (SSSR count). The second kappa shape index (κ2) is 7.14. The summed E-state index contributed by atoms with van der Waals surface area (Å²) in [5.41, 5.74) is 2.49.